The summed E-state index contributed by atoms with van der Waals surface area (Å²) >= 11 is 0. The van der Waals surface area contributed by atoms with Gasteiger partial charge in [0.15, 0.2) is 23.6 Å². The van der Waals surface area contributed by atoms with Crippen LogP contribution in [0.5, 0.6) is 5.75 Å². The van der Waals surface area contributed by atoms with Crippen molar-refractivity contribution in [2.24, 2.45) is 0 Å². The first kappa shape index (κ1) is 20.0. The van der Waals surface area contributed by atoms with Crippen LogP contribution in [0.25, 0.3) is 11.1 Å². The third-order valence-electron chi connectivity index (χ3n) is 4.18. The summed E-state index contributed by atoms with van der Waals surface area (Å²) in [6.45, 7) is 1.45. The quantitative estimate of drug-likeness (QED) is 0.614. The predicted molar refractivity (Wildman–Crippen MR) is 102 cm³/mol. The maximum atomic E-state index is 13.7. The van der Waals surface area contributed by atoms with Crippen LogP contribution in [-0.4, -0.2) is 12.0 Å². The number of carbonyl (C=O) groups excluding carboxylic acids is 1. The highest BCUT2D eigenvalue weighted by Crippen LogP contribution is 2.24. The lowest BCUT2D eigenvalue weighted by molar-refractivity contribution is -0.122. The first-order valence-corrected chi connectivity index (χ1v) is 8.60. The van der Waals surface area contributed by atoms with E-state index in [9.17, 15) is 18.0 Å². The van der Waals surface area contributed by atoms with E-state index in [0.29, 0.717) is 11.3 Å². The van der Waals surface area contributed by atoms with Crippen LogP contribution in [0, 0.1) is 28.8 Å². The van der Waals surface area contributed by atoms with Gasteiger partial charge in [0.2, 0.25) is 0 Å². The highest BCUT2D eigenvalue weighted by Gasteiger charge is 2.19. The molecule has 3 aromatic rings. The third-order valence-corrected chi connectivity index (χ3v) is 4.18. The van der Waals surface area contributed by atoms with Gasteiger partial charge in [0, 0.05) is 0 Å². The summed E-state index contributed by atoms with van der Waals surface area (Å²) in [6.07, 6.45) is -1.01. The SMILES string of the molecule is CC(Oc1ccc(-c2ccc(C#N)cc2)cc1)C(=O)Nc1ccc(F)c(F)c1F. The Morgan fingerprint density at radius 2 is 1.52 bits per heavy atom. The van der Waals surface area contributed by atoms with Crippen LogP contribution in [0.1, 0.15) is 12.5 Å². The average molecular weight is 396 g/mol. The van der Waals surface area contributed by atoms with Gasteiger partial charge < -0.3 is 10.1 Å². The molecule has 3 rings (SSSR count). The zero-order chi connectivity index (χ0) is 21.0. The minimum atomic E-state index is -1.66. The van der Waals surface area contributed by atoms with E-state index in [1.807, 2.05) is 12.1 Å². The van der Waals surface area contributed by atoms with Gasteiger partial charge in [-0.15, -0.1) is 0 Å². The monoisotopic (exact) mass is 396 g/mol. The maximum absolute atomic E-state index is 13.7. The van der Waals surface area contributed by atoms with Gasteiger partial charge in [-0.2, -0.15) is 5.26 Å². The van der Waals surface area contributed by atoms with Crippen LogP contribution in [0.15, 0.2) is 60.7 Å². The Morgan fingerprint density at radius 1 is 0.931 bits per heavy atom. The van der Waals surface area contributed by atoms with Crippen molar-refractivity contribution in [1.82, 2.24) is 0 Å². The second-order valence-electron chi connectivity index (χ2n) is 6.19. The fraction of sp³-hybridized carbons (Fsp3) is 0.0909. The molecule has 29 heavy (non-hydrogen) atoms. The molecule has 0 saturated heterocycles. The number of carbonyl (C=O) groups is 1. The fourth-order valence-electron chi connectivity index (χ4n) is 2.58. The van der Waals surface area contributed by atoms with Gasteiger partial charge >= 0.3 is 0 Å². The molecular weight excluding hydrogens is 381 g/mol. The number of nitriles is 1. The zero-order valence-corrected chi connectivity index (χ0v) is 15.2. The maximum Gasteiger partial charge on any atom is 0.265 e. The first-order chi connectivity index (χ1) is 13.9. The number of amides is 1. The number of nitrogens with zero attached hydrogens (tertiary/aromatic N) is 1. The number of anilines is 1. The second kappa shape index (κ2) is 8.48. The Labute approximate surface area is 165 Å². The molecule has 0 radical (unpaired) electrons. The van der Waals surface area contributed by atoms with Crippen LogP contribution < -0.4 is 10.1 Å². The van der Waals surface area contributed by atoms with E-state index >= 15 is 0 Å². The molecule has 0 aliphatic carbocycles. The minimum absolute atomic E-state index is 0.399. The Hall–Kier alpha value is -3.79. The minimum Gasteiger partial charge on any atom is -0.481 e. The van der Waals surface area contributed by atoms with Crippen molar-refractivity contribution in [3.8, 4) is 22.9 Å². The molecule has 3 aromatic carbocycles. The molecule has 1 amide bonds. The molecule has 0 aliphatic heterocycles. The molecule has 1 unspecified atom stereocenters. The molecule has 0 heterocycles. The number of ether oxygens (including phenoxy) is 1. The van der Waals surface area contributed by atoms with Crippen LogP contribution >= 0.6 is 0 Å². The Kier molecular flexibility index (Phi) is 5.84. The summed E-state index contributed by atoms with van der Waals surface area (Å²) in [5, 5.41) is 11.0. The van der Waals surface area contributed by atoms with E-state index in [1.54, 1.807) is 36.4 Å². The van der Waals surface area contributed by atoms with Gasteiger partial charge in [0.1, 0.15) is 5.75 Å². The molecule has 1 atom stereocenters. The largest absolute Gasteiger partial charge is 0.481 e. The molecule has 0 aliphatic rings. The molecule has 146 valence electrons. The summed E-state index contributed by atoms with van der Waals surface area (Å²) in [4.78, 5) is 12.2. The van der Waals surface area contributed by atoms with Gasteiger partial charge in [-0.1, -0.05) is 24.3 Å². The molecule has 0 bridgehead atoms. The number of nitrogens with one attached hydrogen (secondary N) is 1. The van der Waals surface area contributed by atoms with Gasteiger partial charge in [0.05, 0.1) is 17.3 Å². The smallest absolute Gasteiger partial charge is 0.265 e. The van der Waals surface area contributed by atoms with E-state index in [-0.39, 0.29) is 0 Å². The molecule has 0 fully saturated rings. The van der Waals surface area contributed by atoms with Crippen molar-refractivity contribution >= 4 is 11.6 Å². The number of halogens is 3. The predicted octanol–water partition coefficient (Wildman–Crippen LogP) is 5.05. The molecular formula is C22H15F3N2O2. The Morgan fingerprint density at radius 3 is 2.10 bits per heavy atom. The summed E-state index contributed by atoms with van der Waals surface area (Å²) in [5.41, 5.74) is 1.89. The van der Waals surface area contributed by atoms with Crippen LogP contribution in [0.2, 0.25) is 0 Å². The Balaban J connectivity index is 1.65. The van der Waals surface area contributed by atoms with Crippen LogP contribution in [0.3, 0.4) is 0 Å². The molecule has 7 heteroatoms. The summed E-state index contributed by atoms with van der Waals surface area (Å²) in [6, 6.07) is 17.7. The summed E-state index contributed by atoms with van der Waals surface area (Å²) in [5.74, 6) is -4.79. The Bertz CT molecular complexity index is 1070. The number of hydrogen-bond acceptors (Lipinski definition) is 3. The lowest BCUT2D eigenvalue weighted by Crippen LogP contribution is -2.30. The van der Waals surface area contributed by atoms with Gasteiger partial charge in [-0.3, -0.25) is 4.79 Å². The zero-order valence-electron chi connectivity index (χ0n) is 15.2. The first-order valence-electron chi connectivity index (χ1n) is 8.60. The number of benzene rings is 3. The van der Waals surface area contributed by atoms with Crippen molar-refractivity contribution in [3.63, 3.8) is 0 Å². The molecule has 0 saturated carbocycles. The van der Waals surface area contributed by atoms with E-state index in [2.05, 4.69) is 11.4 Å². The topological polar surface area (TPSA) is 62.1 Å². The average Bonchev–Trinajstić information content (AvgIpc) is 2.74. The standard InChI is InChI=1S/C22H15F3N2O2/c1-13(22(28)27-19-11-10-18(23)20(24)21(19)25)29-17-8-6-16(7-9-17)15-4-2-14(12-26)3-5-15/h2-11,13H,1H3,(H,27,28). The molecule has 0 aromatic heterocycles. The normalized spacial score (nSPS) is 11.4. The van der Waals surface area contributed by atoms with Gasteiger partial charge in [0.25, 0.3) is 5.91 Å². The van der Waals surface area contributed by atoms with E-state index in [1.165, 1.54) is 6.92 Å². The molecule has 0 spiro atoms. The highest BCUT2D eigenvalue weighted by atomic mass is 19.2. The number of hydrogen-bond donors (Lipinski definition) is 1. The molecule has 4 nitrogen and oxygen atoms in total. The van der Waals surface area contributed by atoms with Crippen molar-refractivity contribution in [3.05, 3.63) is 83.7 Å². The van der Waals surface area contributed by atoms with Crippen molar-refractivity contribution in [2.45, 2.75) is 13.0 Å². The summed E-state index contributed by atoms with van der Waals surface area (Å²) in [7, 11) is 0. The number of rotatable bonds is 5. The van der Waals surface area contributed by atoms with Crippen LogP contribution in [0.4, 0.5) is 18.9 Å². The van der Waals surface area contributed by atoms with E-state index in [0.717, 1.165) is 23.3 Å². The van der Waals surface area contributed by atoms with Crippen molar-refractivity contribution < 1.29 is 22.7 Å². The lowest BCUT2D eigenvalue weighted by Gasteiger charge is -2.15. The van der Waals surface area contributed by atoms with Gasteiger partial charge in [-0.25, -0.2) is 13.2 Å². The lowest BCUT2D eigenvalue weighted by atomic mass is 10.0. The highest BCUT2D eigenvalue weighted by molar-refractivity contribution is 5.94. The van der Waals surface area contributed by atoms with Crippen molar-refractivity contribution in [1.29, 1.82) is 5.26 Å². The fourth-order valence-corrected chi connectivity index (χ4v) is 2.58. The second-order valence-corrected chi connectivity index (χ2v) is 6.19. The third kappa shape index (κ3) is 4.55. The van der Waals surface area contributed by atoms with E-state index < -0.39 is 35.2 Å². The van der Waals surface area contributed by atoms with Crippen molar-refractivity contribution in [2.75, 3.05) is 5.32 Å². The van der Waals surface area contributed by atoms with Crippen LogP contribution in [-0.2, 0) is 4.79 Å². The van der Waals surface area contributed by atoms with Gasteiger partial charge in [-0.05, 0) is 54.4 Å². The summed E-state index contributed by atoms with van der Waals surface area (Å²) < 4.78 is 45.4. The van der Waals surface area contributed by atoms with E-state index in [4.69, 9.17) is 10.00 Å². The molecule has 1 N–H and O–H groups in total.